The lowest BCUT2D eigenvalue weighted by atomic mass is 9.74. The third-order valence-corrected chi connectivity index (χ3v) is 7.03. The van der Waals surface area contributed by atoms with Crippen molar-refractivity contribution in [2.75, 3.05) is 18.0 Å². The monoisotopic (exact) mass is 450 g/mol. The van der Waals surface area contributed by atoms with Crippen molar-refractivity contribution >= 4 is 11.8 Å². The van der Waals surface area contributed by atoms with E-state index < -0.39 is 0 Å². The summed E-state index contributed by atoms with van der Waals surface area (Å²) in [7, 11) is 0. The zero-order valence-electron chi connectivity index (χ0n) is 19.2. The summed E-state index contributed by atoms with van der Waals surface area (Å²) in [5, 5.41) is 0. The van der Waals surface area contributed by atoms with Gasteiger partial charge in [-0.3, -0.25) is 4.79 Å². The van der Waals surface area contributed by atoms with Gasteiger partial charge in [-0.05, 0) is 36.0 Å². The number of furan rings is 1. The van der Waals surface area contributed by atoms with Crippen LogP contribution >= 0.6 is 0 Å². The Morgan fingerprint density at radius 2 is 1.53 bits per heavy atom. The number of nitrogens with two attached hydrogens (primary N) is 1. The fourth-order valence-corrected chi connectivity index (χ4v) is 5.22. The predicted molar refractivity (Wildman–Crippen MR) is 137 cm³/mol. The van der Waals surface area contributed by atoms with Gasteiger partial charge in [0.05, 0.1) is 5.92 Å². The highest BCUT2D eigenvalue weighted by molar-refractivity contribution is 5.81. The Morgan fingerprint density at radius 1 is 0.882 bits per heavy atom. The van der Waals surface area contributed by atoms with Crippen molar-refractivity contribution in [3.63, 3.8) is 0 Å². The maximum Gasteiger partial charge on any atom is 0.224 e. The number of amides is 1. The SMILES string of the molecule is NC(=O)C(CC1CCN(c2ccc(-c3ccccc3)o2)CC1c1ccccc1)c1ccccc1. The number of nitrogens with zero attached hydrogens (tertiary/aromatic N) is 1. The van der Waals surface area contributed by atoms with Gasteiger partial charge in [0.1, 0.15) is 5.76 Å². The molecule has 1 fully saturated rings. The van der Waals surface area contributed by atoms with Crippen LogP contribution in [0.5, 0.6) is 0 Å². The minimum atomic E-state index is -0.280. The van der Waals surface area contributed by atoms with Gasteiger partial charge in [-0.1, -0.05) is 91.0 Å². The predicted octanol–water partition coefficient (Wildman–Crippen LogP) is 6.22. The van der Waals surface area contributed by atoms with Crippen molar-refractivity contribution in [3.05, 3.63) is 114 Å². The van der Waals surface area contributed by atoms with Crippen LogP contribution in [0.3, 0.4) is 0 Å². The van der Waals surface area contributed by atoms with Crippen molar-refractivity contribution in [1.29, 1.82) is 0 Å². The molecule has 5 rings (SSSR count). The highest BCUT2D eigenvalue weighted by atomic mass is 16.4. The van der Waals surface area contributed by atoms with Crippen molar-refractivity contribution in [2.24, 2.45) is 11.7 Å². The van der Waals surface area contributed by atoms with E-state index in [1.165, 1.54) is 5.56 Å². The number of hydrogen-bond acceptors (Lipinski definition) is 3. The molecule has 4 heteroatoms. The van der Waals surface area contributed by atoms with Gasteiger partial charge in [0.2, 0.25) is 5.91 Å². The topological polar surface area (TPSA) is 59.5 Å². The second-order valence-corrected chi connectivity index (χ2v) is 9.12. The number of piperidine rings is 1. The van der Waals surface area contributed by atoms with Gasteiger partial charge in [0.15, 0.2) is 5.88 Å². The van der Waals surface area contributed by atoms with E-state index >= 15 is 0 Å². The Labute approximate surface area is 201 Å². The number of carbonyl (C=O) groups excluding carboxylic acids is 1. The molecule has 2 N–H and O–H groups in total. The molecule has 1 saturated heterocycles. The smallest absolute Gasteiger partial charge is 0.224 e. The van der Waals surface area contributed by atoms with Gasteiger partial charge in [0, 0.05) is 30.6 Å². The van der Waals surface area contributed by atoms with Crippen molar-refractivity contribution in [3.8, 4) is 11.3 Å². The van der Waals surface area contributed by atoms with E-state index in [4.69, 9.17) is 10.2 Å². The first-order valence-electron chi connectivity index (χ1n) is 12.0. The molecule has 34 heavy (non-hydrogen) atoms. The van der Waals surface area contributed by atoms with E-state index in [1.54, 1.807) is 0 Å². The highest BCUT2D eigenvalue weighted by Gasteiger charge is 2.34. The average Bonchev–Trinajstić information content (AvgIpc) is 3.39. The average molecular weight is 451 g/mol. The van der Waals surface area contributed by atoms with Crippen LogP contribution in [0.25, 0.3) is 11.3 Å². The molecule has 0 radical (unpaired) electrons. The lowest BCUT2D eigenvalue weighted by Crippen LogP contribution is -2.40. The molecule has 1 aromatic heterocycles. The molecule has 2 heterocycles. The molecule has 0 spiro atoms. The summed E-state index contributed by atoms with van der Waals surface area (Å²) >= 11 is 0. The summed E-state index contributed by atoms with van der Waals surface area (Å²) in [6.07, 6.45) is 1.72. The zero-order valence-corrected chi connectivity index (χ0v) is 19.2. The molecule has 1 aliphatic rings. The third-order valence-electron chi connectivity index (χ3n) is 7.03. The van der Waals surface area contributed by atoms with Crippen LogP contribution < -0.4 is 10.6 Å². The van der Waals surface area contributed by atoms with Gasteiger partial charge in [-0.15, -0.1) is 0 Å². The molecule has 1 amide bonds. The van der Waals surface area contributed by atoms with Gasteiger partial charge in [-0.25, -0.2) is 0 Å². The van der Waals surface area contributed by atoms with Gasteiger partial charge >= 0.3 is 0 Å². The van der Waals surface area contributed by atoms with E-state index in [-0.39, 0.29) is 17.7 Å². The summed E-state index contributed by atoms with van der Waals surface area (Å²) in [6, 6.07) is 34.9. The summed E-state index contributed by atoms with van der Waals surface area (Å²) in [5.41, 5.74) is 9.26. The summed E-state index contributed by atoms with van der Waals surface area (Å²) in [4.78, 5) is 14.8. The first-order chi connectivity index (χ1) is 16.7. The maximum absolute atomic E-state index is 12.4. The Hall–Kier alpha value is -3.79. The van der Waals surface area contributed by atoms with Crippen molar-refractivity contribution < 1.29 is 9.21 Å². The van der Waals surface area contributed by atoms with E-state index in [0.717, 1.165) is 48.7 Å². The van der Waals surface area contributed by atoms with Crippen LogP contribution in [-0.2, 0) is 4.79 Å². The standard InChI is InChI=1S/C30H30N2O2/c31-30(33)26(22-10-4-1-5-11-22)20-25-18-19-32(21-27(25)23-12-6-2-7-13-23)29-17-16-28(34-29)24-14-8-3-9-15-24/h1-17,25-27H,18-21H2,(H2,31,33). The lowest BCUT2D eigenvalue weighted by molar-refractivity contribution is -0.119. The van der Waals surface area contributed by atoms with Crippen LogP contribution in [0.4, 0.5) is 5.88 Å². The van der Waals surface area contributed by atoms with E-state index in [1.807, 2.05) is 60.7 Å². The number of anilines is 1. The molecular formula is C30H30N2O2. The van der Waals surface area contributed by atoms with Crippen LogP contribution in [-0.4, -0.2) is 19.0 Å². The minimum absolute atomic E-state index is 0.251. The maximum atomic E-state index is 12.4. The van der Waals surface area contributed by atoms with Gasteiger partial charge in [0.25, 0.3) is 0 Å². The van der Waals surface area contributed by atoms with Crippen LogP contribution in [0, 0.1) is 5.92 Å². The minimum Gasteiger partial charge on any atom is -0.441 e. The molecule has 0 saturated carbocycles. The second-order valence-electron chi connectivity index (χ2n) is 9.12. The van der Waals surface area contributed by atoms with E-state index in [0.29, 0.717) is 5.92 Å². The van der Waals surface area contributed by atoms with Gasteiger partial charge < -0.3 is 15.1 Å². The molecule has 0 aliphatic carbocycles. The molecule has 4 nitrogen and oxygen atoms in total. The number of carbonyl (C=O) groups is 1. The molecule has 1 aliphatic heterocycles. The first-order valence-corrected chi connectivity index (χ1v) is 12.0. The fourth-order valence-electron chi connectivity index (χ4n) is 5.22. The lowest BCUT2D eigenvalue weighted by Gasteiger charge is -2.40. The third kappa shape index (κ3) is 4.76. The Bertz CT molecular complexity index is 1200. The molecule has 172 valence electrons. The largest absolute Gasteiger partial charge is 0.441 e. The molecule has 0 bridgehead atoms. The second kappa shape index (κ2) is 10.0. The summed E-state index contributed by atoms with van der Waals surface area (Å²) in [5.74, 6) is 1.88. The Morgan fingerprint density at radius 3 is 2.21 bits per heavy atom. The van der Waals surface area contributed by atoms with Crippen LogP contribution in [0.2, 0.25) is 0 Å². The molecular weight excluding hydrogens is 420 g/mol. The highest BCUT2D eigenvalue weighted by Crippen LogP contribution is 2.41. The fraction of sp³-hybridized carbons (Fsp3) is 0.233. The molecule has 3 atom stereocenters. The quantitative estimate of drug-likeness (QED) is 0.364. The number of benzene rings is 3. The normalized spacial score (nSPS) is 19.0. The first kappa shape index (κ1) is 22.0. The molecule has 3 unspecified atom stereocenters. The van der Waals surface area contributed by atoms with Crippen molar-refractivity contribution in [1.82, 2.24) is 0 Å². The van der Waals surface area contributed by atoms with Crippen LogP contribution in [0.15, 0.2) is 108 Å². The Kier molecular flexibility index (Phi) is 6.48. The zero-order chi connectivity index (χ0) is 23.3. The number of rotatable bonds is 7. The molecule has 4 aromatic rings. The van der Waals surface area contributed by atoms with Crippen LogP contribution in [0.1, 0.15) is 35.8 Å². The number of hydrogen-bond donors (Lipinski definition) is 1. The summed E-state index contributed by atoms with van der Waals surface area (Å²) < 4.78 is 6.27. The number of primary amides is 1. The van der Waals surface area contributed by atoms with E-state index in [2.05, 4.69) is 47.4 Å². The summed E-state index contributed by atoms with van der Waals surface area (Å²) in [6.45, 7) is 1.73. The van der Waals surface area contributed by atoms with Crippen molar-refractivity contribution in [2.45, 2.75) is 24.7 Å². The molecule has 3 aromatic carbocycles. The van der Waals surface area contributed by atoms with E-state index in [9.17, 15) is 4.79 Å². The van der Waals surface area contributed by atoms with Gasteiger partial charge in [-0.2, -0.15) is 0 Å². The Balaban J connectivity index is 1.39.